The number of benzene rings is 3. The molecule has 51 heavy (non-hydrogen) atoms. The molecular weight excluding hydrogens is 689 g/mol. The molecule has 3 amide bonds. The number of rotatable bonds is 11. The summed E-state index contributed by atoms with van der Waals surface area (Å²) in [6.45, 7) is 3.63. The summed E-state index contributed by atoms with van der Waals surface area (Å²) < 4.78 is 0. The van der Waals surface area contributed by atoms with E-state index in [4.69, 9.17) is 17.3 Å². The van der Waals surface area contributed by atoms with Crippen LogP contribution in [0, 0.1) is 11.8 Å². The van der Waals surface area contributed by atoms with Crippen LogP contribution in [0.15, 0.2) is 66.7 Å². The number of nitrogens with zero attached hydrogens (tertiary/aromatic N) is 3. The first-order valence-corrected chi connectivity index (χ1v) is 17.7. The highest BCUT2D eigenvalue weighted by Crippen LogP contribution is 2.31. The van der Waals surface area contributed by atoms with E-state index >= 15 is 0 Å². The zero-order valence-electron chi connectivity index (χ0n) is 28.5. The van der Waals surface area contributed by atoms with Gasteiger partial charge >= 0.3 is 0 Å². The van der Waals surface area contributed by atoms with Gasteiger partial charge < -0.3 is 27.0 Å². The van der Waals surface area contributed by atoms with Crippen molar-refractivity contribution in [2.45, 2.75) is 70.0 Å². The SMILES string of the molecule is CC1CC(NC(=O)c2ccc(-c3ccc(C[C@H](NC(=O)C4CCC(CN)CC4)C(=O)Nc4ccc(-c5nn[nH]n5)cc4)cc3)c(Cl)c2)CCN1.Cl. The van der Waals surface area contributed by atoms with E-state index in [0.717, 1.165) is 67.3 Å². The Morgan fingerprint density at radius 2 is 1.69 bits per heavy atom. The average molecular weight is 735 g/mol. The highest BCUT2D eigenvalue weighted by molar-refractivity contribution is 6.33. The number of amides is 3. The molecule has 14 heteroatoms. The van der Waals surface area contributed by atoms with Crippen LogP contribution >= 0.6 is 24.0 Å². The molecule has 3 aromatic carbocycles. The van der Waals surface area contributed by atoms with Gasteiger partial charge in [0.15, 0.2) is 0 Å². The van der Waals surface area contributed by atoms with E-state index in [-0.39, 0.29) is 42.1 Å². The maximum atomic E-state index is 13.7. The molecule has 3 atom stereocenters. The maximum absolute atomic E-state index is 13.7. The Kier molecular flexibility index (Phi) is 13.2. The minimum absolute atomic E-state index is 0. The first kappa shape index (κ1) is 37.9. The summed E-state index contributed by atoms with van der Waals surface area (Å²) in [7, 11) is 0. The van der Waals surface area contributed by atoms with Crippen LogP contribution in [-0.4, -0.2) is 69.6 Å². The molecule has 7 N–H and O–H groups in total. The molecule has 2 aliphatic rings. The Bertz CT molecular complexity index is 1760. The van der Waals surface area contributed by atoms with Crippen LogP contribution in [0.4, 0.5) is 5.69 Å². The van der Waals surface area contributed by atoms with E-state index in [1.807, 2.05) is 30.3 Å². The number of anilines is 1. The van der Waals surface area contributed by atoms with E-state index in [2.05, 4.69) is 48.8 Å². The number of carbonyl (C=O) groups is 3. The molecule has 270 valence electrons. The highest BCUT2D eigenvalue weighted by Gasteiger charge is 2.29. The standard InChI is InChI=1S/C37H44ClN9O3.ClH/c1-22-18-30(16-17-40-22)42-36(49)28-12-15-31(32(38)20-28)25-6-2-23(3-7-25)19-33(43-35(48)27-8-4-24(21-39)5-9-27)37(50)41-29-13-10-26(11-14-29)34-44-46-47-45-34;/h2-3,6-7,10-15,20,22,24,27,30,33,40H,4-5,8-9,16-19,21,39H2,1H3,(H,41,50)(H,42,49)(H,43,48)(H,44,45,46,47);1H/t22?,24?,27?,30?,33-;/m0./s1. The summed E-state index contributed by atoms with van der Waals surface area (Å²) in [6, 6.07) is 19.9. The lowest BCUT2D eigenvalue weighted by Crippen LogP contribution is -2.48. The van der Waals surface area contributed by atoms with Crippen molar-refractivity contribution in [3.05, 3.63) is 82.9 Å². The number of aromatic nitrogens is 4. The van der Waals surface area contributed by atoms with Gasteiger partial charge in [0.1, 0.15) is 6.04 Å². The fourth-order valence-corrected chi connectivity index (χ4v) is 7.14. The van der Waals surface area contributed by atoms with Gasteiger partial charge in [0, 0.05) is 51.8 Å². The molecular formula is C37H45Cl2N9O3. The molecule has 2 unspecified atom stereocenters. The van der Waals surface area contributed by atoms with Gasteiger partial charge in [-0.25, -0.2) is 0 Å². The maximum Gasteiger partial charge on any atom is 0.251 e. The third-order valence-electron chi connectivity index (χ3n) is 9.83. The second-order valence-corrected chi connectivity index (χ2v) is 13.9. The van der Waals surface area contributed by atoms with Gasteiger partial charge in [-0.3, -0.25) is 14.4 Å². The molecule has 0 bridgehead atoms. The molecule has 0 radical (unpaired) electrons. The van der Waals surface area contributed by atoms with E-state index in [1.54, 1.807) is 36.4 Å². The molecule has 2 fully saturated rings. The Morgan fingerprint density at radius 3 is 2.33 bits per heavy atom. The molecule has 12 nitrogen and oxygen atoms in total. The van der Waals surface area contributed by atoms with Gasteiger partial charge in [-0.15, -0.1) is 22.6 Å². The number of tetrazole rings is 1. The second kappa shape index (κ2) is 17.7. The first-order valence-electron chi connectivity index (χ1n) is 17.3. The number of carbonyl (C=O) groups excluding carboxylic acids is 3. The first-order chi connectivity index (χ1) is 24.2. The third-order valence-corrected chi connectivity index (χ3v) is 10.1. The lowest BCUT2D eigenvalue weighted by Gasteiger charge is -2.28. The van der Waals surface area contributed by atoms with Gasteiger partial charge in [0.2, 0.25) is 17.6 Å². The molecule has 4 aromatic rings. The van der Waals surface area contributed by atoms with Crippen LogP contribution in [0.1, 0.15) is 61.4 Å². The van der Waals surface area contributed by atoms with Crippen molar-refractivity contribution in [1.82, 2.24) is 36.6 Å². The molecule has 1 aliphatic heterocycles. The topological polar surface area (TPSA) is 180 Å². The monoisotopic (exact) mass is 733 g/mol. The van der Waals surface area contributed by atoms with E-state index in [9.17, 15) is 14.4 Å². The van der Waals surface area contributed by atoms with Gasteiger partial charge in [0.25, 0.3) is 5.91 Å². The molecule has 6 rings (SSSR count). The van der Waals surface area contributed by atoms with Crippen molar-refractivity contribution in [3.63, 3.8) is 0 Å². The number of nitrogens with one attached hydrogen (secondary N) is 5. The average Bonchev–Trinajstić information content (AvgIpc) is 3.67. The second-order valence-electron chi connectivity index (χ2n) is 13.5. The summed E-state index contributed by atoms with van der Waals surface area (Å²) in [5.74, 6) is 0.175. The Balaban J connectivity index is 0.00000504. The van der Waals surface area contributed by atoms with E-state index in [0.29, 0.717) is 47.0 Å². The quantitative estimate of drug-likeness (QED) is 0.126. The summed E-state index contributed by atoms with van der Waals surface area (Å²) in [4.78, 5) is 40.0. The van der Waals surface area contributed by atoms with Crippen molar-refractivity contribution in [2.75, 3.05) is 18.4 Å². The van der Waals surface area contributed by atoms with Crippen molar-refractivity contribution in [3.8, 4) is 22.5 Å². The van der Waals surface area contributed by atoms with Crippen molar-refractivity contribution in [1.29, 1.82) is 0 Å². The van der Waals surface area contributed by atoms with Crippen LogP contribution in [0.2, 0.25) is 5.02 Å². The minimum atomic E-state index is -0.804. The molecule has 1 saturated heterocycles. The predicted octanol–water partition coefficient (Wildman–Crippen LogP) is 4.91. The fourth-order valence-electron chi connectivity index (χ4n) is 6.85. The number of hydrogen-bond acceptors (Lipinski definition) is 8. The number of hydrogen-bond donors (Lipinski definition) is 6. The van der Waals surface area contributed by atoms with Gasteiger partial charge in [-0.1, -0.05) is 41.9 Å². The molecule has 2 heterocycles. The normalized spacial score (nSPS) is 20.8. The molecule has 1 aromatic heterocycles. The van der Waals surface area contributed by atoms with Crippen LogP contribution in [0.25, 0.3) is 22.5 Å². The number of nitrogens with two attached hydrogens (primary N) is 1. The fraction of sp³-hybridized carbons (Fsp3) is 0.405. The van der Waals surface area contributed by atoms with Gasteiger partial charge in [0.05, 0.1) is 0 Å². The van der Waals surface area contributed by atoms with Crippen LogP contribution < -0.4 is 27.0 Å². The summed E-state index contributed by atoms with van der Waals surface area (Å²) in [5, 5.41) is 27.0. The van der Waals surface area contributed by atoms with Crippen molar-refractivity contribution in [2.24, 2.45) is 17.6 Å². The summed E-state index contributed by atoms with van der Waals surface area (Å²) >= 11 is 6.70. The van der Waals surface area contributed by atoms with E-state index < -0.39 is 6.04 Å². The zero-order valence-corrected chi connectivity index (χ0v) is 30.1. The van der Waals surface area contributed by atoms with Crippen LogP contribution in [-0.2, 0) is 16.0 Å². The molecule has 1 aliphatic carbocycles. The smallest absolute Gasteiger partial charge is 0.251 e. The highest BCUT2D eigenvalue weighted by atomic mass is 35.5. The Morgan fingerprint density at radius 1 is 0.961 bits per heavy atom. The van der Waals surface area contributed by atoms with Crippen molar-refractivity contribution >= 4 is 47.4 Å². The molecule has 1 saturated carbocycles. The number of halogens is 2. The van der Waals surface area contributed by atoms with Crippen LogP contribution in [0.3, 0.4) is 0 Å². The summed E-state index contributed by atoms with van der Waals surface area (Å²) in [6.07, 6.45) is 5.41. The summed E-state index contributed by atoms with van der Waals surface area (Å²) in [5.41, 5.74) is 10.3. The lowest BCUT2D eigenvalue weighted by atomic mass is 9.81. The predicted molar refractivity (Wildman–Crippen MR) is 200 cm³/mol. The zero-order chi connectivity index (χ0) is 35.0. The molecule has 0 spiro atoms. The van der Waals surface area contributed by atoms with Crippen LogP contribution in [0.5, 0.6) is 0 Å². The van der Waals surface area contributed by atoms with Crippen molar-refractivity contribution < 1.29 is 14.4 Å². The lowest BCUT2D eigenvalue weighted by molar-refractivity contribution is -0.130. The van der Waals surface area contributed by atoms with Gasteiger partial charge in [-0.05, 0) is 117 Å². The third kappa shape index (κ3) is 9.91. The Labute approximate surface area is 308 Å². The van der Waals surface area contributed by atoms with E-state index in [1.165, 1.54) is 0 Å². The minimum Gasteiger partial charge on any atom is -0.349 e. The number of H-pyrrole nitrogens is 1. The number of aromatic amines is 1. The Hall–Kier alpha value is -4.36. The largest absolute Gasteiger partial charge is 0.349 e. The van der Waals surface area contributed by atoms with Gasteiger partial charge in [-0.2, -0.15) is 5.21 Å². The number of piperidine rings is 1.